The van der Waals surface area contributed by atoms with Crippen LogP contribution in [0.25, 0.3) is 11.0 Å². The number of imidazole rings is 1. The normalized spacial score (nSPS) is 20.4. The lowest BCUT2D eigenvalue weighted by molar-refractivity contribution is 0.0909. The Morgan fingerprint density at radius 1 is 1.35 bits per heavy atom. The summed E-state index contributed by atoms with van der Waals surface area (Å²) in [5.41, 5.74) is 7.07. The molecular formula is C15H21Cl2FN4O. The molecular weight excluding hydrogens is 342 g/mol. The van der Waals surface area contributed by atoms with Gasteiger partial charge in [0.2, 0.25) is 0 Å². The topological polar surface area (TPSA) is 83.8 Å². The minimum absolute atomic E-state index is 0. The summed E-state index contributed by atoms with van der Waals surface area (Å²) in [7, 11) is 0. The molecule has 1 fully saturated rings. The van der Waals surface area contributed by atoms with Crippen molar-refractivity contribution in [2.45, 2.75) is 31.7 Å². The van der Waals surface area contributed by atoms with Crippen LogP contribution in [0, 0.1) is 11.7 Å². The van der Waals surface area contributed by atoms with Crippen molar-refractivity contribution >= 4 is 41.8 Å². The molecule has 5 nitrogen and oxygen atoms in total. The van der Waals surface area contributed by atoms with Gasteiger partial charge in [0, 0.05) is 6.04 Å². The van der Waals surface area contributed by atoms with E-state index in [9.17, 15) is 9.18 Å². The molecule has 23 heavy (non-hydrogen) atoms. The number of H-pyrrole nitrogens is 1. The van der Waals surface area contributed by atoms with Crippen molar-refractivity contribution in [3.05, 3.63) is 29.8 Å². The molecule has 1 aromatic heterocycles. The first-order valence-corrected chi connectivity index (χ1v) is 7.32. The molecule has 3 rings (SSSR count). The number of nitrogens with one attached hydrogen (secondary N) is 2. The zero-order valence-electron chi connectivity index (χ0n) is 12.5. The Morgan fingerprint density at radius 3 is 2.83 bits per heavy atom. The number of hydrogen-bond acceptors (Lipinski definition) is 3. The third-order valence-corrected chi connectivity index (χ3v) is 4.26. The Kier molecular flexibility index (Phi) is 7.25. The van der Waals surface area contributed by atoms with E-state index in [1.165, 1.54) is 18.5 Å². The summed E-state index contributed by atoms with van der Waals surface area (Å²) in [6, 6.07) is 2.63. The van der Waals surface area contributed by atoms with Gasteiger partial charge in [0.05, 0.1) is 17.4 Å². The first-order chi connectivity index (χ1) is 10.2. The van der Waals surface area contributed by atoms with Crippen LogP contribution in [-0.2, 0) is 0 Å². The summed E-state index contributed by atoms with van der Waals surface area (Å²) < 4.78 is 13.6. The average Bonchev–Trinajstić information content (AvgIpc) is 2.94. The largest absolute Gasteiger partial charge is 0.349 e. The number of amides is 1. The van der Waals surface area contributed by atoms with Gasteiger partial charge in [0.15, 0.2) is 0 Å². The third kappa shape index (κ3) is 4.13. The highest BCUT2D eigenvalue weighted by Crippen LogP contribution is 2.24. The van der Waals surface area contributed by atoms with Crippen molar-refractivity contribution in [3.8, 4) is 0 Å². The van der Waals surface area contributed by atoms with Gasteiger partial charge in [-0.2, -0.15) is 0 Å². The fourth-order valence-corrected chi connectivity index (χ4v) is 3.11. The van der Waals surface area contributed by atoms with Gasteiger partial charge in [0.1, 0.15) is 11.3 Å². The summed E-state index contributed by atoms with van der Waals surface area (Å²) in [5.74, 6) is -0.432. The minimum atomic E-state index is -0.448. The molecule has 1 aliphatic carbocycles. The third-order valence-electron chi connectivity index (χ3n) is 4.26. The van der Waals surface area contributed by atoms with E-state index in [-0.39, 0.29) is 42.3 Å². The van der Waals surface area contributed by atoms with Crippen LogP contribution < -0.4 is 11.1 Å². The molecule has 1 heterocycles. The zero-order chi connectivity index (χ0) is 14.8. The van der Waals surface area contributed by atoms with Crippen LogP contribution in [-0.4, -0.2) is 28.5 Å². The lowest BCUT2D eigenvalue weighted by Gasteiger charge is -2.31. The van der Waals surface area contributed by atoms with Crippen LogP contribution in [0.5, 0.6) is 0 Å². The number of aromatic nitrogens is 2. The van der Waals surface area contributed by atoms with E-state index in [0.717, 1.165) is 25.7 Å². The SMILES string of the molecule is Cl.Cl.NCC1CCCCC1NC(=O)c1cc(F)cc2[nH]cnc12. The van der Waals surface area contributed by atoms with Crippen molar-refractivity contribution in [3.63, 3.8) is 0 Å². The van der Waals surface area contributed by atoms with Crippen LogP contribution in [0.1, 0.15) is 36.0 Å². The minimum Gasteiger partial charge on any atom is -0.349 e. The molecule has 1 saturated carbocycles. The van der Waals surface area contributed by atoms with Crippen LogP contribution >= 0.6 is 24.8 Å². The number of rotatable bonds is 3. The molecule has 8 heteroatoms. The van der Waals surface area contributed by atoms with Gasteiger partial charge in [-0.3, -0.25) is 4.79 Å². The maximum absolute atomic E-state index is 13.6. The van der Waals surface area contributed by atoms with Crippen LogP contribution in [0.4, 0.5) is 4.39 Å². The number of fused-ring (bicyclic) bond motifs is 1. The number of nitrogens with zero attached hydrogens (tertiary/aromatic N) is 1. The lowest BCUT2D eigenvalue weighted by Crippen LogP contribution is -2.44. The Bertz CT molecular complexity index is 664. The first kappa shape index (κ1) is 19.7. The van der Waals surface area contributed by atoms with Gasteiger partial charge in [-0.1, -0.05) is 12.8 Å². The summed E-state index contributed by atoms with van der Waals surface area (Å²) >= 11 is 0. The maximum atomic E-state index is 13.6. The van der Waals surface area contributed by atoms with E-state index >= 15 is 0 Å². The molecule has 128 valence electrons. The van der Waals surface area contributed by atoms with E-state index in [2.05, 4.69) is 15.3 Å². The van der Waals surface area contributed by atoms with E-state index in [1.807, 2.05) is 0 Å². The Morgan fingerprint density at radius 2 is 2.09 bits per heavy atom. The molecule has 0 bridgehead atoms. The second-order valence-corrected chi connectivity index (χ2v) is 5.61. The van der Waals surface area contributed by atoms with Gasteiger partial charge in [0.25, 0.3) is 5.91 Å². The molecule has 0 saturated heterocycles. The van der Waals surface area contributed by atoms with Gasteiger partial charge in [-0.05, 0) is 37.4 Å². The molecule has 4 N–H and O–H groups in total. The summed E-state index contributed by atoms with van der Waals surface area (Å²) in [6.07, 6.45) is 5.65. The van der Waals surface area contributed by atoms with Gasteiger partial charge in [-0.25, -0.2) is 9.37 Å². The van der Waals surface area contributed by atoms with E-state index < -0.39 is 5.82 Å². The van der Waals surface area contributed by atoms with Gasteiger partial charge in [-0.15, -0.1) is 24.8 Å². The highest BCUT2D eigenvalue weighted by atomic mass is 35.5. The molecule has 0 aliphatic heterocycles. The van der Waals surface area contributed by atoms with E-state index in [4.69, 9.17) is 5.73 Å². The fraction of sp³-hybridized carbons (Fsp3) is 0.467. The zero-order valence-corrected chi connectivity index (χ0v) is 14.2. The Balaban J connectivity index is 0.00000132. The molecule has 2 unspecified atom stereocenters. The molecule has 1 aliphatic rings. The summed E-state index contributed by atoms with van der Waals surface area (Å²) in [5, 5.41) is 3.01. The van der Waals surface area contributed by atoms with Crippen molar-refractivity contribution < 1.29 is 9.18 Å². The van der Waals surface area contributed by atoms with Crippen molar-refractivity contribution in [1.29, 1.82) is 0 Å². The molecule has 2 aromatic rings. The number of carbonyl (C=O) groups excluding carboxylic acids is 1. The van der Waals surface area contributed by atoms with Gasteiger partial charge < -0.3 is 16.0 Å². The number of carbonyl (C=O) groups is 1. The second kappa shape index (κ2) is 8.47. The van der Waals surface area contributed by atoms with Crippen molar-refractivity contribution in [1.82, 2.24) is 15.3 Å². The molecule has 2 atom stereocenters. The molecule has 1 amide bonds. The lowest BCUT2D eigenvalue weighted by atomic mass is 9.84. The summed E-state index contributed by atoms with van der Waals surface area (Å²) in [6.45, 7) is 0.561. The molecule has 0 radical (unpaired) electrons. The quantitative estimate of drug-likeness (QED) is 0.784. The van der Waals surface area contributed by atoms with Crippen molar-refractivity contribution in [2.75, 3.05) is 6.54 Å². The number of nitrogens with two attached hydrogens (primary N) is 1. The van der Waals surface area contributed by atoms with E-state index in [1.54, 1.807) is 0 Å². The first-order valence-electron chi connectivity index (χ1n) is 7.32. The number of aromatic amines is 1. The maximum Gasteiger partial charge on any atom is 0.253 e. The Hall–Kier alpha value is -1.37. The van der Waals surface area contributed by atoms with Gasteiger partial charge >= 0.3 is 0 Å². The van der Waals surface area contributed by atoms with Crippen LogP contribution in [0.15, 0.2) is 18.5 Å². The molecule has 1 aromatic carbocycles. The molecule has 0 spiro atoms. The predicted octanol–water partition coefficient (Wildman–Crippen LogP) is 2.79. The smallest absolute Gasteiger partial charge is 0.253 e. The predicted molar refractivity (Wildman–Crippen MR) is 92.8 cm³/mol. The standard InChI is InChI=1S/C15H19FN4O.2ClH/c16-10-5-11(14-13(6-10)18-8-19-14)15(21)20-12-4-2-1-3-9(12)7-17;;/h5-6,8-9,12H,1-4,7,17H2,(H,18,19)(H,20,21);2*1H. The van der Waals surface area contributed by atoms with Crippen LogP contribution in [0.2, 0.25) is 0 Å². The Labute approximate surface area is 146 Å². The van der Waals surface area contributed by atoms with E-state index in [0.29, 0.717) is 23.5 Å². The highest BCUT2D eigenvalue weighted by molar-refractivity contribution is 6.04. The van der Waals surface area contributed by atoms with Crippen molar-refractivity contribution in [2.24, 2.45) is 11.7 Å². The number of hydrogen-bond donors (Lipinski definition) is 3. The highest BCUT2D eigenvalue weighted by Gasteiger charge is 2.26. The number of benzene rings is 1. The van der Waals surface area contributed by atoms with Crippen LogP contribution in [0.3, 0.4) is 0 Å². The summed E-state index contributed by atoms with van der Waals surface area (Å²) in [4.78, 5) is 19.4. The number of halogens is 3. The second-order valence-electron chi connectivity index (χ2n) is 5.61. The average molecular weight is 363 g/mol. The monoisotopic (exact) mass is 362 g/mol. The fourth-order valence-electron chi connectivity index (χ4n) is 3.11.